The lowest BCUT2D eigenvalue weighted by Crippen LogP contribution is -2.14. The molecule has 1 rings (SSSR count). The third-order valence-electron chi connectivity index (χ3n) is 3.88. The molecule has 1 N–H and O–H groups in total. The molecule has 1 atom stereocenters. The minimum atomic E-state index is -0.469. The van der Waals surface area contributed by atoms with Gasteiger partial charge < -0.3 is 9.84 Å². The van der Waals surface area contributed by atoms with Crippen molar-refractivity contribution in [3.63, 3.8) is 0 Å². The number of ether oxygens (including phenoxy) is 1. The molecule has 1 unspecified atom stereocenters. The first kappa shape index (κ1) is 18.2. The van der Waals surface area contributed by atoms with Crippen molar-refractivity contribution in [3.8, 4) is 0 Å². The first-order chi connectivity index (χ1) is 10.1. The van der Waals surface area contributed by atoms with Gasteiger partial charge in [0.2, 0.25) is 0 Å². The molecule has 0 saturated carbocycles. The maximum atomic E-state index is 13.2. The van der Waals surface area contributed by atoms with Crippen molar-refractivity contribution >= 4 is 0 Å². The Hall–Kier alpha value is -0.830. The minimum Gasteiger partial charge on any atom is -0.505 e. The van der Waals surface area contributed by atoms with Crippen molar-refractivity contribution in [1.82, 2.24) is 0 Å². The molecule has 0 amide bonds. The number of hydrogen-bond donors (Lipinski definition) is 1. The molecule has 0 spiro atoms. The smallest absolute Gasteiger partial charge is 0.146 e. The predicted octanol–water partition coefficient (Wildman–Crippen LogP) is 5.85. The molecule has 3 heteroatoms. The highest BCUT2D eigenvalue weighted by Crippen LogP contribution is 2.21. The monoisotopic (exact) mass is 298 g/mol. The van der Waals surface area contributed by atoms with Crippen LogP contribution in [0.3, 0.4) is 0 Å². The highest BCUT2D eigenvalue weighted by molar-refractivity contribution is 5.21. The van der Waals surface area contributed by atoms with E-state index in [-0.39, 0.29) is 18.3 Å². The van der Waals surface area contributed by atoms with Crippen molar-refractivity contribution < 1.29 is 14.2 Å². The van der Waals surface area contributed by atoms with Crippen molar-refractivity contribution in [3.05, 3.63) is 23.7 Å². The highest BCUT2D eigenvalue weighted by Gasteiger charge is 2.15. The molecule has 0 aromatic rings. The quantitative estimate of drug-likeness (QED) is 0.485. The summed E-state index contributed by atoms with van der Waals surface area (Å²) in [5.41, 5.74) is 0. The van der Waals surface area contributed by atoms with Crippen LogP contribution >= 0.6 is 0 Å². The predicted molar refractivity (Wildman–Crippen MR) is 86.0 cm³/mol. The van der Waals surface area contributed by atoms with Crippen LogP contribution in [0.1, 0.15) is 71.6 Å². The van der Waals surface area contributed by atoms with E-state index < -0.39 is 5.83 Å². The first-order valence-electron chi connectivity index (χ1n) is 8.47. The van der Waals surface area contributed by atoms with Gasteiger partial charge in [0.1, 0.15) is 11.6 Å². The zero-order chi connectivity index (χ0) is 15.5. The van der Waals surface area contributed by atoms with Crippen molar-refractivity contribution in [1.29, 1.82) is 0 Å². The minimum absolute atomic E-state index is 0.165. The summed E-state index contributed by atoms with van der Waals surface area (Å²) in [6.07, 6.45) is 13.3. The highest BCUT2D eigenvalue weighted by atomic mass is 19.1. The summed E-state index contributed by atoms with van der Waals surface area (Å²) in [6, 6.07) is 0. The van der Waals surface area contributed by atoms with Gasteiger partial charge >= 0.3 is 0 Å². The molecule has 0 saturated heterocycles. The van der Waals surface area contributed by atoms with Gasteiger partial charge in [-0.25, -0.2) is 4.39 Å². The van der Waals surface area contributed by atoms with Crippen LogP contribution in [0, 0.1) is 5.92 Å². The summed E-state index contributed by atoms with van der Waals surface area (Å²) in [4.78, 5) is 0. The maximum Gasteiger partial charge on any atom is 0.146 e. The lowest BCUT2D eigenvalue weighted by molar-refractivity contribution is 0.0755. The standard InChI is InChI=1S/C18H31FO2/c1-15(2)10-8-6-4-3-5-7-9-13-21-16-11-12-18(20)17(19)14-16/h11-12,15-16,20H,3-10,13-14H2,1-2H3. The van der Waals surface area contributed by atoms with E-state index in [9.17, 15) is 4.39 Å². The van der Waals surface area contributed by atoms with E-state index in [1.807, 2.05) is 0 Å². The lowest BCUT2D eigenvalue weighted by Gasteiger charge is -2.16. The molecule has 0 fully saturated rings. The molecule has 122 valence electrons. The Morgan fingerprint density at radius 3 is 2.38 bits per heavy atom. The van der Waals surface area contributed by atoms with Gasteiger partial charge in [0, 0.05) is 13.0 Å². The second kappa shape index (κ2) is 10.8. The van der Waals surface area contributed by atoms with Crippen LogP contribution in [0.5, 0.6) is 0 Å². The fourth-order valence-electron chi connectivity index (χ4n) is 2.53. The Balaban J connectivity index is 1.86. The van der Waals surface area contributed by atoms with Gasteiger partial charge in [-0.05, 0) is 18.4 Å². The van der Waals surface area contributed by atoms with Gasteiger partial charge in [-0.1, -0.05) is 64.9 Å². The summed E-state index contributed by atoms with van der Waals surface area (Å²) in [7, 11) is 0. The Kier molecular flexibility index (Phi) is 9.40. The normalized spacial score (nSPS) is 18.8. The zero-order valence-corrected chi connectivity index (χ0v) is 13.6. The van der Waals surface area contributed by atoms with Crippen LogP contribution in [0.4, 0.5) is 4.39 Å². The van der Waals surface area contributed by atoms with Gasteiger partial charge in [-0.3, -0.25) is 0 Å². The van der Waals surface area contributed by atoms with Crippen LogP contribution in [0.15, 0.2) is 23.7 Å². The molecule has 2 nitrogen and oxygen atoms in total. The first-order valence-corrected chi connectivity index (χ1v) is 8.47. The van der Waals surface area contributed by atoms with Crippen molar-refractivity contribution in [2.75, 3.05) is 6.61 Å². The molecule has 0 aromatic heterocycles. The second-order valence-electron chi connectivity index (χ2n) is 6.42. The van der Waals surface area contributed by atoms with Gasteiger partial charge in [-0.2, -0.15) is 0 Å². The topological polar surface area (TPSA) is 29.5 Å². The van der Waals surface area contributed by atoms with Crippen molar-refractivity contribution in [2.24, 2.45) is 5.92 Å². The Morgan fingerprint density at radius 1 is 1.14 bits per heavy atom. The van der Waals surface area contributed by atoms with E-state index in [0.29, 0.717) is 6.61 Å². The maximum absolute atomic E-state index is 13.2. The van der Waals surface area contributed by atoms with Crippen LogP contribution in [0.2, 0.25) is 0 Å². The summed E-state index contributed by atoms with van der Waals surface area (Å²) in [5.74, 6) is 0.105. The van der Waals surface area contributed by atoms with Gasteiger partial charge in [-0.15, -0.1) is 0 Å². The van der Waals surface area contributed by atoms with E-state index in [1.165, 1.54) is 51.0 Å². The number of rotatable bonds is 11. The number of aliphatic hydroxyl groups excluding tert-OH is 1. The zero-order valence-electron chi connectivity index (χ0n) is 13.6. The molecule has 1 aliphatic carbocycles. The molecular weight excluding hydrogens is 267 g/mol. The van der Waals surface area contributed by atoms with Gasteiger partial charge in [0.05, 0.1) is 6.10 Å². The third kappa shape index (κ3) is 8.92. The van der Waals surface area contributed by atoms with Crippen LogP contribution in [0.25, 0.3) is 0 Å². The second-order valence-corrected chi connectivity index (χ2v) is 6.42. The molecule has 0 aliphatic heterocycles. The SMILES string of the molecule is CC(C)CCCCCCCCCOC1C=CC(O)=C(F)C1. The molecule has 0 aromatic carbocycles. The molecule has 0 bridgehead atoms. The van der Waals surface area contributed by atoms with E-state index in [4.69, 9.17) is 9.84 Å². The van der Waals surface area contributed by atoms with E-state index in [2.05, 4.69) is 13.8 Å². The summed E-state index contributed by atoms with van der Waals surface area (Å²) < 4.78 is 18.8. The number of unbranched alkanes of at least 4 members (excludes halogenated alkanes) is 6. The van der Waals surface area contributed by atoms with E-state index in [1.54, 1.807) is 6.08 Å². The van der Waals surface area contributed by atoms with Gasteiger partial charge in [0.25, 0.3) is 0 Å². The largest absolute Gasteiger partial charge is 0.505 e. The average Bonchev–Trinajstić information content (AvgIpc) is 2.44. The molecule has 0 radical (unpaired) electrons. The lowest BCUT2D eigenvalue weighted by atomic mass is 10.0. The Labute approximate surface area is 129 Å². The Morgan fingerprint density at radius 2 is 1.76 bits per heavy atom. The Bertz CT molecular complexity index is 334. The molecule has 1 aliphatic rings. The van der Waals surface area contributed by atoms with Crippen LogP contribution in [-0.2, 0) is 4.74 Å². The van der Waals surface area contributed by atoms with Crippen molar-refractivity contribution in [2.45, 2.75) is 77.7 Å². The third-order valence-corrected chi connectivity index (χ3v) is 3.88. The fraction of sp³-hybridized carbons (Fsp3) is 0.778. The van der Waals surface area contributed by atoms with Crippen LogP contribution < -0.4 is 0 Å². The molecule has 0 heterocycles. The van der Waals surface area contributed by atoms with E-state index in [0.717, 1.165) is 12.3 Å². The number of allylic oxidation sites excluding steroid dienone is 1. The number of aliphatic hydroxyl groups is 1. The van der Waals surface area contributed by atoms with E-state index >= 15 is 0 Å². The molecule has 21 heavy (non-hydrogen) atoms. The average molecular weight is 298 g/mol. The number of halogens is 1. The summed E-state index contributed by atoms with van der Waals surface area (Å²) >= 11 is 0. The van der Waals surface area contributed by atoms with Crippen LogP contribution in [-0.4, -0.2) is 17.8 Å². The number of hydrogen-bond acceptors (Lipinski definition) is 2. The summed E-state index contributed by atoms with van der Waals surface area (Å²) in [5, 5.41) is 9.12. The van der Waals surface area contributed by atoms with Gasteiger partial charge in [0.15, 0.2) is 0 Å². The summed E-state index contributed by atoms with van der Waals surface area (Å²) in [6.45, 7) is 5.24. The molecular formula is C18H31FO2. The fourth-order valence-corrected chi connectivity index (χ4v) is 2.53.